The van der Waals surface area contributed by atoms with E-state index >= 15 is 0 Å². The molecule has 112 valence electrons. The number of hydrogen-bond acceptors (Lipinski definition) is 4. The van der Waals surface area contributed by atoms with E-state index in [1.807, 2.05) is 0 Å². The Morgan fingerprint density at radius 1 is 1.25 bits per heavy atom. The number of aromatic hydroxyl groups is 1. The molecule has 0 saturated carbocycles. The van der Waals surface area contributed by atoms with Crippen molar-refractivity contribution < 1.29 is 23.8 Å². The molecule has 6 heteroatoms. The van der Waals surface area contributed by atoms with E-state index in [1.54, 1.807) is 7.11 Å². The number of rotatable bonds is 8. The molecule has 0 aliphatic carbocycles. The molecule has 0 unspecified atom stereocenters. The summed E-state index contributed by atoms with van der Waals surface area (Å²) in [6.07, 6.45) is 0.655. The van der Waals surface area contributed by atoms with Crippen molar-refractivity contribution in [2.75, 3.05) is 40.5 Å². The van der Waals surface area contributed by atoms with Gasteiger partial charge in [-0.2, -0.15) is 0 Å². The quantitative estimate of drug-likeness (QED) is 0.738. The van der Waals surface area contributed by atoms with Gasteiger partial charge in [0.15, 0.2) is 0 Å². The molecule has 1 aromatic carbocycles. The Labute approximate surface area is 117 Å². The first-order valence-corrected chi connectivity index (χ1v) is 6.35. The summed E-state index contributed by atoms with van der Waals surface area (Å²) >= 11 is 0. The fourth-order valence-electron chi connectivity index (χ4n) is 1.77. The number of phenolic OH excluding ortho intramolecular Hbond substituents is 1. The number of ether oxygens (including phenoxy) is 2. The van der Waals surface area contributed by atoms with Crippen LogP contribution in [0.2, 0.25) is 0 Å². The molecule has 1 rings (SSSR count). The van der Waals surface area contributed by atoms with Crippen molar-refractivity contribution >= 4 is 5.91 Å². The molecule has 0 heterocycles. The first-order chi connectivity index (χ1) is 9.60. The van der Waals surface area contributed by atoms with Crippen LogP contribution in [0.1, 0.15) is 16.8 Å². The minimum atomic E-state index is -0.560. The van der Waals surface area contributed by atoms with Crippen LogP contribution in [0.4, 0.5) is 4.39 Å². The van der Waals surface area contributed by atoms with Gasteiger partial charge in [-0.15, -0.1) is 0 Å². The zero-order valence-corrected chi connectivity index (χ0v) is 11.8. The van der Waals surface area contributed by atoms with Crippen LogP contribution < -0.4 is 0 Å². The number of nitrogens with zero attached hydrogens (tertiary/aromatic N) is 1. The Kier molecular flexibility index (Phi) is 6.97. The van der Waals surface area contributed by atoms with Crippen molar-refractivity contribution in [2.45, 2.75) is 6.42 Å². The number of carbonyl (C=O) groups excluding carboxylic acids is 1. The summed E-state index contributed by atoms with van der Waals surface area (Å²) in [5.41, 5.74) is -0.0430. The Balaban J connectivity index is 2.82. The van der Waals surface area contributed by atoms with Crippen molar-refractivity contribution in [1.29, 1.82) is 0 Å². The molecule has 0 aliphatic heterocycles. The number of halogens is 1. The molecule has 0 atom stereocenters. The highest BCUT2D eigenvalue weighted by Gasteiger charge is 2.19. The summed E-state index contributed by atoms with van der Waals surface area (Å²) in [5, 5.41) is 9.68. The maximum atomic E-state index is 13.2. The van der Waals surface area contributed by atoms with E-state index in [9.17, 15) is 14.3 Å². The van der Waals surface area contributed by atoms with Crippen LogP contribution in [0, 0.1) is 5.82 Å². The lowest BCUT2D eigenvalue weighted by Crippen LogP contribution is -2.35. The van der Waals surface area contributed by atoms with E-state index in [0.29, 0.717) is 32.7 Å². The Bertz CT molecular complexity index is 439. The summed E-state index contributed by atoms with van der Waals surface area (Å²) < 4.78 is 23.1. The maximum Gasteiger partial charge on any atom is 0.257 e. The van der Waals surface area contributed by atoms with E-state index in [0.717, 1.165) is 12.1 Å². The highest BCUT2D eigenvalue weighted by Crippen LogP contribution is 2.20. The smallest absolute Gasteiger partial charge is 0.257 e. The molecule has 1 amide bonds. The van der Waals surface area contributed by atoms with Gasteiger partial charge in [-0.05, 0) is 24.6 Å². The number of hydrogen-bond donors (Lipinski definition) is 1. The molecule has 1 aromatic rings. The maximum absolute atomic E-state index is 13.2. The molecule has 0 spiro atoms. The van der Waals surface area contributed by atoms with Crippen LogP contribution in [0.15, 0.2) is 18.2 Å². The van der Waals surface area contributed by atoms with E-state index < -0.39 is 11.7 Å². The molecule has 5 nitrogen and oxygen atoms in total. The summed E-state index contributed by atoms with van der Waals surface area (Å²) in [4.78, 5) is 13.8. The number of carbonyl (C=O) groups is 1. The van der Waals surface area contributed by atoms with Crippen molar-refractivity contribution in [3.05, 3.63) is 29.6 Å². The first-order valence-electron chi connectivity index (χ1n) is 6.35. The molecule has 0 aliphatic rings. The predicted octanol–water partition coefficient (Wildman–Crippen LogP) is 1.66. The number of benzene rings is 1. The van der Waals surface area contributed by atoms with E-state index in [4.69, 9.17) is 9.47 Å². The molecule has 0 saturated heterocycles. The van der Waals surface area contributed by atoms with Crippen LogP contribution >= 0.6 is 0 Å². The lowest BCUT2D eigenvalue weighted by molar-refractivity contribution is 0.0671. The van der Waals surface area contributed by atoms with Gasteiger partial charge in [0.25, 0.3) is 5.91 Å². The monoisotopic (exact) mass is 285 g/mol. The lowest BCUT2D eigenvalue weighted by Gasteiger charge is -2.22. The second kappa shape index (κ2) is 8.50. The minimum Gasteiger partial charge on any atom is -0.507 e. The molecule has 0 bridgehead atoms. The number of phenols is 1. The van der Waals surface area contributed by atoms with E-state index in [1.165, 1.54) is 18.1 Å². The van der Waals surface area contributed by atoms with Crippen LogP contribution in [-0.4, -0.2) is 56.4 Å². The zero-order valence-electron chi connectivity index (χ0n) is 11.8. The van der Waals surface area contributed by atoms with Crippen LogP contribution in [0.5, 0.6) is 5.75 Å². The predicted molar refractivity (Wildman–Crippen MR) is 72.3 cm³/mol. The molecule has 20 heavy (non-hydrogen) atoms. The second-order valence-electron chi connectivity index (χ2n) is 4.29. The van der Waals surface area contributed by atoms with Crippen molar-refractivity contribution in [2.24, 2.45) is 0 Å². The first kappa shape index (κ1) is 16.4. The molecular formula is C14H20FNO4. The molecule has 0 aromatic heterocycles. The Morgan fingerprint density at radius 2 is 1.95 bits per heavy atom. The summed E-state index contributed by atoms with van der Waals surface area (Å²) in [5.74, 6) is -1.21. The fraction of sp³-hybridized carbons (Fsp3) is 0.500. The fourth-order valence-corrected chi connectivity index (χ4v) is 1.77. The normalized spacial score (nSPS) is 10.6. The average molecular weight is 285 g/mol. The Hall–Kier alpha value is -1.66. The van der Waals surface area contributed by atoms with Gasteiger partial charge in [-0.3, -0.25) is 4.79 Å². The second-order valence-corrected chi connectivity index (χ2v) is 4.29. The standard InChI is InChI=1S/C14H20FNO4/c1-19-8-3-6-16(7-9-20-2)14(18)12-10-11(15)4-5-13(12)17/h4-5,10,17H,3,6-9H2,1-2H3. The summed E-state index contributed by atoms with van der Waals surface area (Å²) in [6.45, 7) is 1.71. The summed E-state index contributed by atoms with van der Waals surface area (Å²) in [6, 6.07) is 3.32. The molecule has 0 radical (unpaired) electrons. The van der Waals surface area contributed by atoms with Gasteiger partial charge in [0.1, 0.15) is 11.6 Å². The third-order valence-electron chi connectivity index (χ3n) is 2.82. The largest absolute Gasteiger partial charge is 0.507 e. The third kappa shape index (κ3) is 4.79. The van der Waals surface area contributed by atoms with Crippen LogP contribution in [0.25, 0.3) is 0 Å². The zero-order chi connectivity index (χ0) is 15.0. The SMILES string of the molecule is COCCCN(CCOC)C(=O)c1cc(F)ccc1O. The van der Waals surface area contributed by atoms with E-state index in [-0.39, 0.29) is 11.3 Å². The highest BCUT2D eigenvalue weighted by molar-refractivity contribution is 5.96. The summed E-state index contributed by atoms with van der Waals surface area (Å²) in [7, 11) is 3.12. The average Bonchev–Trinajstić information content (AvgIpc) is 2.44. The minimum absolute atomic E-state index is 0.0430. The topological polar surface area (TPSA) is 59.0 Å². The van der Waals surface area contributed by atoms with Gasteiger partial charge >= 0.3 is 0 Å². The van der Waals surface area contributed by atoms with Gasteiger partial charge in [0.05, 0.1) is 12.2 Å². The third-order valence-corrected chi connectivity index (χ3v) is 2.82. The van der Waals surface area contributed by atoms with Gasteiger partial charge in [0, 0.05) is 33.9 Å². The Morgan fingerprint density at radius 3 is 2.60 bits per heavy atom. The highest BCUT2D eigenvalue weighted by atomic mass is 19.1. The van der Waals surface area contributed by atoms with Gasteiger partial charge in [-0.1, -0.05) is 0 Å². The molecule has 0 fully saturated rings. The van der Waals surface area contributed by atoms with Crippen molar-refractivity contribution in [3.63, 3.8) is 0 Å². The van der Waals surface area contributed by atoms with E-state index in [2.05, 4.69) is 0 Å². The molecular weight excluding hydrogens is 265 g/mol. The van der Waals surface area contributed by atoms with Gasteiger partial charge in [0.2, 0.25) is 0 Å². The lowest BCUT2D eigenvalue weighted by atomic mass is 10.1. The van der Waals surface area contributed by atoms with Crippen LogP contribution in [-0.2, 0) is 9.47 Å². The van der Waals surface area contributed by atoms with Gasteiger partial charge in [-0.25, -0.2) is 4.39 Å². The molecule has 1 N–H and O–H groups in total. The number of methoxy groups -OCH3 is 2. The van der Waals surface area contributed by atoms with Gasteiger partial charge < -0.3 is 19.5 Å². The van der Waals surface area contributed by atoms with Crippen molar-refractivity contribution in [1.82, 2.24) is 4.90 Å². The number of amides is 1. The van der Waals surface area contributed by atoms with Crippen molar-refractivity contribution in [3.8, 4) is 5.75 Å². The van der Waals surface area contributed by atoms with Crippen LogP contribution in [0.3, 0.4) is 0 Å².